The number of aromatic nitrogens is 2. The number of carbonyl (C=O) groups excluding carboxylic acids is 2. The molecule has 4 nitrogen and oxygen atoms in total. The van der Waals surface area contributed by atoms with Crippen LogP contribution in [0.15, 0.2) is 78.9 Å². The lowest BCUT2D eigenvalue weighted by Crippen LogP contribution is -2.24. The van der Waals surface area contributed by atoms with Gasteiger partial charge in [0, 0.05) is 17.2 Å². The van der Waals surface area contributed by atoms with Gasteiger partial charge in [-0.2, -0.15) is 13.2 Å². The third-order valence-corrected chi connectivity index (χ3v) is 4.95. The minimum Gasteiger partial charge on any atom is -0.341 e. The Bertz CT molecular complexity index is 1340. The van der Waals surface area contributed by atoms with Crippen molar-refractivity contribution in [2.45, 2.75) is 12.1 Å². The second-order valence-corrected chi connectivity index (χ2v) is 7.31. The molecule has 0 spiro atoms. The Balaban J connectivity index is 1.78. The molecule has 0 aliphatic rings. The molecule has 4 rings (SSSR count). The molecule has 0 aliphatic carbocycles. The highest BCUT2D eigenvalue weighted by Gasteiger charge is 2.33. The summed E-state index contributed by atoms with van der Waals surface area (Å²) in [5.74, 6) is -3.39. The number of hydrogen-bond donors (Lipinski definition) is 1. The highest BCUT2D eigenvalue weighted by atomic mass is 19.4. The number of H-pyrrole nitrogens is 1. The van der Waals surface area contributed by atoms with Crippen LogP contribution in [0.5, 0.6) is 0 Å². The van der Waals surface area contributed by atoms with E-state index in [9.17, 15) is 27.2 Å². The van der Waals surface area contributed by atoms with Gasteiger partial charge in [-0.25, -0.2) is 9.37 Å². The number of aromatic amines is 1. The standard InChI is InChI=1S/C25H16F4N2O2/c26-18-8-4-7-17(14-18)23(33)21(24-30-19-9-1-2-10-20(19)31-24)22(32)16-6-3-5-15(13-16)11-12-25(27,28)29/h1-14,21H,(H,30,31). The number of ketones is 2. The molecule has 1 unspecified atom stereocenters. The zero-order valence-corrected chi connectivity index (χ0v) is 16.9. The molecule has 1 heterocycles. The number of nitrogens with zero attached hydrogens (tertiary/aromatic N) is 1. The molecule has 0 bridgehead atoms. The minimum absolute atomic E-state index is 0.0227. The Morgan fingerprint density at radius 2 is 1.55 bits per heavy atom. The molecule has 0 fully saturated rings. The van der Waals surface area contributed by atoms with E-state index in [1.807, 2.05) is 0 Å². The topological polar surface area (TPSA) is 62.8 Å². The molecule has 8 heteroatoms. The van der Waals surface area contributed by atoms with Gasteiger partial charge in [-0.15, -0.1) is 0 Å². The molecule has 4 aromatic rings. The first kappa shape index (κ1) is 22.1. The van der Waals surface area contributed by atoms with E-state index in [-0.39, 0.29) is 28.6 Å². The van der Waals surface area contributed by atoms with Gasteiger partial charge in [0.25, 0.3) is 0 Å². The van der Waals surface area contributed by atoms with E-state index in [1.54, 1.807) is 24.3 Å². The zero-order valence-electron chi connectivity index (χ0n) is 16.9. The first-order valence-electron chi connectivity index (χ1n) is 9.86. The molecule has 0 aliphatic heterocycles. The molecule has 1 aromatic heterocycles. The summed E-state index contributed by atoms with van der Waals surface area (Å²) in [6, 6.07) is 17.4. The summed E-state index contributed by atoms with van der Waals surface area (Å²) in [4.78, 5) is 34.1. The van der Waals surface area contributed by atoms with Crippen molar-refractivity contribution in [3.8, 4) is 0 Å². The van der Waals surface area contributed by atoms with E-state index in [2.05, 4.69) is 9.97 Å². The largest absolute Gasteiger partial charge is 0.409 e. The quantitative estimate of drug-likeness (QED) is 0.218. The summed E-state index contributed by atoms with van der Waals surface area (Å²) in [7, 11) is 0. The molecule has 0 radical (unpaired) electrons. The fourth-order valence-corrected chi connectivity index (χ4v) is 3.44. The fraction of sp³-hybridized carbons (Fsp3) is 0.0800. The van der Waals surface area contributed by atoms with Crippen molar-refractivity contribution in [3.05, 3.63) is 107 Å². The van der Waals surface area contributed by atoms with Crippen molar-refractivity contribution in [1.82, 2.24) is 9.97 Å². The molecule has 1 N–H and O–H groups in total. The van der Waals surface area contributed by atoms with Crippen LogP contribution in [0.3, 0.4) is 0 Å². The van der Waals surface area contributed by atoms with Gasteiger partial charge in [-0.1, -0.05) is 48.5 Å². The zero-order chi connectivity index (χ0) is 23.6. The number of halogens is 4. The monoisotopic (exact) mass is 452 g/mol. The number of carbonyl (C=O) groups is 2. The summed E-state index contributed by atoms with van der Waals surface area (Å²) < 4.78 is 51.4. The number of fused-ring (bicyclic) bond motifs is 1. The lowest BCUT2D eigenvalue weighted by Gasteiger charge is -2.13. The maximum Gasteiger partial charge on any atom is 0.409 e. The Labute approximate surface area is 185 Å². The number of benzene rings is 3. The van der Waals surface area contributed by atoms with Gasteiger partial charge in [0.1, 0.15) is 17.6 Å². The third-order valence-electron chi connectivity index (χ3n) is 4.95. The molecule has 1 atom stereocenters. The molecule has 0 amide bonds. The van der Waals surface area contributed by atoms with E-state index in [0.717, 1.165) is 12.1 Å². The summed E-state index contributed by atoms with van der Waals surface area (Å²) in [6.45, 7) is 0. The van der Waals surface area contributed by atoms with Crippen LogP contribution in [-0.4, -0.2) is 27.7 Å². The third kappa shape index (κ3) is 5.06. The van der Waals surface area contributed by atoms with Crippen molar-refractivity contribution in [2.24, 2.45) is 0 Å². The highest BCUT2D eigenvalue weighted by Crippen LogP contribution is 2.27. The second kappa shape index (κ2) is 8.82. The number of alkyl halides is 3. The van der Waals surface area contributed by atoms with Gasteiger partial charge in [-0.05, 0) is 35.9 Å². The van der Waals surface area contributed by atoms with Gasteiger partial charge in [0.15, 0.2) is 11.6 Å². The molecule has 0 saturated carbocycles. The van der Waals surface area contributed by atoms with E-state index < -0.39 is 29.5 Å². The predicted molar refractivity (Wildman–Crippen MR) is 115 cm³/mol. The number of rotatable bonds is 6. The average molecular weight is 452 g/mol. The van der Waals surface area contributed by atoms with Crippen molar-refractivity contribution >= 4 is 28.7 Å². The average Bonchev–Trinajstić information content (AvgIpc) is 3.21. The van der Waals surface area contributed by atoms with E-state index >= 15 is 0 Å². The number of allylic oxidation sites excluding steroid dienone is 1. The second-order valence-electron chi connectivity index (χ2n) is 7.31. The molecular formula is C25H16F4N2O2. The van der Waals surface area contributed by atoms with Crippen molar-refractivity contribution in [1.29, 1.82) is 0 Å². The molecule has 33 heavy (non-hydrogen) atoms. The lowest BCUT2D eigenvalue weighted by molar-refractivity contribution is -0.0790. The van der Waals surface area contributed by atoms with E-state index in [1.165, 1.54) is 42.5 Å². The van der Waals surface area contributed by atoms with Crippen LogP contribution in [0.4, 0.5) is 17.6 Å². The minimum atomic E-state index is -4.51. The van der Waals surface area contributed by atoms with Crippen LogP contribution >= 0.6 is 0 Å². The van der Waals surface area contributed by atoms with Gasteiger partial charge >= 0.3 is 6.18 Å². The van der Waals surface area contributed by atoms with Crippen LogP contribution in [0.1, 0.15) is 38.0 Å². The summed E-state index contributed by atoms with van der Waals surface area (Å²) in [5.41, 5.74) is 1.26. The summed E-state index contributed by atoms with van der Waals surface area (Å²) in [5, 5.41) is 0. The van der Waals surface area contributed by atoms with Crippen LogP contribution in [-0.2, 0) is 0 Å². The van der Waals surface area contributed by atoms with Crippen LogP contribution in [0.25, 0.3) is 17.1 Å². The van der Waals surface area contributed by atoms with E-state index in [0.29, 0.717) is 11.0 Å². The lowest BCUT2D eigenvalue weighted by atomic mass is 9.88. The van der Waals surface area contributed by atoms with Crippen molar-refractivity contribution < 1.29 is 27.2 Å². The van der Waals surface area contributed by atoms with Crippen LogP contribution in [0, 0.1) is 5.82 Å². The van der Waals surface area contributed by atoms with Gasteiger partial charge in [0.2, 0.25) is 0 Å². The van der Waals surface area contributed by atoms with Gasteiger partial charge in [-0.3, -0.25) is 9.59 Å². The number of imidazole rings is 1. The Morgan fingerprint density at radius 1 is 0.879 bits per heavy atom. The SMILES string of the molecule is O=C(c1cccc(F)c1)C(C(=O)c1cccc(C=CC(F)(F)F)c1)c1nc2ccccc2[nH]1. The molecule has 3 aromatic carbocycles. The number of nitrogens with one attached hydrogen (secondary N) is 1. The Hall–Kier alpha value is -4.07. The molecule has 166 valence electrons. The van der Waals surface area contributed by atoms with Crippen LogP contribution < -0.4 is 0 Å². The van der Waals surface area contributed by atoms with Crippen molar-refractivity contribution in [3.63, 3.8) is 0 Å². The Morgan fingerprint density at radius 3 is 2.21 bits per heavy atom. The number of hydrogen-bond acceptors (Lipinski definition) is 3. The first-order chi connectivity index (χ1) is 15.7. The van der Waals surface area contributed by atoms with Gasteiger partial charge < -0.3 is 4.98 Å². The normalized spacial score (nSPS) is 12.8. The predicted octanol–water partition coefficient (Wildman–Crippen LogP) is 6.13. The first-order valence-corrected chi connectivity index (χ1v) is 9.86. The van der Waals surface area contributed by atoms with E-state index in [4.69, 9.17) is 0 Å². The maximum atomic E-state index is 13.8. The summed E-state index contributed by atoms with van der Waals surface area (Å²) in [6.07, 6.45) is -3.61. The molecule has 0 saturated heterocycles. The summed E-state index contributed by atoms with van der Waals surface area (Å²) >= 11 is 0. The number of Topliss-reactive ketones (excluding diaryl/α,β-unsaturated/α-hetero) is 2. The smallest absolute Gasteiger partial charge is 0.341 e. The molecular weight excluding hydrogens is 436 g/mol. The maximum absolute atomic E-state index is 13.8. The Kier molecular flexibility index (Phi) is 5.91. The van der Waals surface area contributed by atoms with Crippen LogP contribution in [0.2, 0.25) is 0 Å². The number of para-hydroxylation sites is 2. The van der Waals surface area contributed by atoms with Gasteiger partial charge in [0.05, 0.1) is 11.0 Å². The van der Waals surface area contributed by atoms with Crippen molar-refractivity contribution in [2.75, 3.05) is 0 Å². The fourth-order valence-electron chi connectivity index (χ4n) is 3.44. The highest BCUT2D eigenvalue weighted by molar-refractivity contribution is 6.20.